The molecule has 6 nitrogen and oxygen atoms in total. The minimum Gasteiger partial charge on any atom is -0.507 e. The Morgan fingerprint density at radius 2 is 1.81 bits per heavy atom. The highest BCUT2D eigenvalue weighted by atomic mass is 16.5. The van der Waals surface area contributed by atoms with Crippen molar-refractivity contribution in [3.8, 4) is 5.75 Å². The molecule has 1 heterocycles. The van der Waals surface area contributed by atoms with Crippen LogP contribution < -0.4 is 4.74 Å². The zero-order chi connectivity index (χ0) is 23.3. The number of Topliss-reactive ketones (excluding diaryl/α,β-unsaturated/α-hetero) is 1. The number of ketones is 1. The first-order valence-electron chi connectivity index (χ1n) is 11.0. The lowest BCUT2D eigenvalue weighted by Crippen LogP contribution is -2.31. The van der Waals surface area contributed by atoms with Gasteiger partial charge in [0.15, 0.2) is 0 Å². The van der Waals surface area contributed by atoms with Crippen molar-refractivity contribution in [3.05, 3.63) is 70.3 Å². The monoisotopic (exact) mass is 437 g/mol. The molecule has 0 radical (unpaired) electrons. The van der Waals surface area contributed by atoms with Crippen molar-refractivity contribution < 1.29 is 24.2 Å². The van der Waals surface area contributed by atoms with Crippen LogP contribution in [0.15, 0.2) is 48.0 Å². The van der Waals surface area contributed by atoms with Crippen molar-refractivity contribution in [1.82, 2.24) is 4.90 Å². The smallest absolute Gasteiger partial charge is 0.295 e. The molecule has 2 aromatic carbocycles. The molecule has 1 aliphatic rings. The highest BCUT2D eigenvalue weighted by molar-refractivity contribution is 6.46. The first-order valence-corrected chi connectivity index (χ1v) is 11.0. The summed E-state index contributed by atoms with van der Waals surface area (Å²) in [6, 6.07) is 12.4. The van der Waals surface area contributed by atoms with Crippen LogP contribution in [0.1, 0.15) is 48.6 Å². The van der Waals surface area contributed by atoms with Gasteiger partial charge in [-0.1, -0.05) is 31.2 Å². The third kappa shape index (κ3) is 4.70. The first kappa shape index (κ1) is 23.5. The zero-order valence-electron chi connectivity index (χ0n) is 19.2. The predicted molar refractivity (Wildman–Crippen MR) is 124 cm³/mol. The van der Waals surface area contributed by atoms with Gasteiger partial charge in [-0.3, -0.25) is 9.59 Å². The average molecular weight is 438 g/mol. The number of ether oxygens (including phenoxy) is 2. The molecule has 0 aromatic heterocycles. The number of rotatable bonds is 9. The van der Waals surface area contributed by atoms with E-state index in [4.69, 9.17) is 9.47 Å². The summed E-state index contributed by atoms with van der Waals surface area (Å²) >= 11 is 0. The third-order valence-electron chi connectivity index (χ3n) is 5.74. The van der Waals surface area contributed by atoms with Gasteiger partial charge >= 0.3 is 0 Å². The number of aliphatic hydroxyl groups excluding tert-OH is 1. The van der Waals surface area contributed by atoms with Crippen LogP contribution in [0.25, 0.3) is 5.76 Å². The number of likely N-dealkylation sites (tertiary alicyclic amines) is 1. The van der Waals surface area contributed by atoms with Crippen molar-refractivity contribution in [2.45, 2.75) is 39.7 Å². The van der Waals surface area contributed by atoms with Crippen LogP contribution in [0.2, 0.25) is 0 Å². The second-order valence-electron chi connectivity index (χ2n) is 7.85. The van der Waals surface area contributed by atoms with Crippen LogP contribution in [0.4, 0.5) is 0 Å². The van der Waals surface area contributed by atoms with Gasteiger partial charge in [0.25, 0.3) is 11.7 Å². The number of aliphatic hydroxyl groups is 1. The van der Waals surface area contributed by atoms with Crippen LogP contribution in [0, 0.1) is 6.92 Å². The molecule has 2 aromatic rings. The van der Waals surface area contributed by atoms with Crippen molar-refractivity contribution in [2.24, 2.45) is 0 Å². The van der Waals surface area contributed by atoms with E-state index in [9.17, 15) is 14.7 Å². The highest BCUT2D eigenvalue weighted by Crippen LogP contribution is 2.40. The molecular formula is C26H31NO5. The lowest BCUT2D eigenvalue weighted by atomic mass is 9.94. The molecule has 6 heteroatoms. The van der Waals surface area contributed by atoms with Gasteiger partial charge < -0.3 is 19.5 Å². The summed E-state index contributed by atoms with van der Waals surface area (Å²) < 4.78 is 10.7. The molecule has 0 saturated carbocycles. The number of aryl methyl sites for hydroxylation is 2. The minimum absolute atomic E-state index is 0.111. The number of carbonyl (C=O) groups is 2. The fourth-order valence-electron chi connectivity index (χ4n) is 4.04. The van der Waals surface area contributed by atoms with Crippen molar-refractivity contribution in [2.75, 3.05) is 26.9 Å². The molecule has 32 heavy (non-hydrogen) atoms. The number of nitrogens with zero attached hydrogens (tertiary/aromatic N) is 1. The lowest BCUT2D eigenvalue weighted by Gasteiger charge is -2.25. The molecule has 1 aliphatic heterocycles. The predicted octanol–water partition coefficient (Wildman–Crippen LogP) is 4.41. The van der Waals surface area contributed by atoms with Crippen molar-refractivity contribution >= 4 is 17.4 Å². The maximum Gasteiger partial charge on any atom is 0.295 e. The number of hydrogen-bond donors (Lipinski definition) is 1. The molecule has 1 unspecified atom stereocenters. The summed E-state index contributed by atoms with van der Waals surface area (Å²) in [5, 5.41) is 11.2. The largest absolute Gasteiger partial charge is 0.507 e. The number of amides is 1. The SMILES string of the molecule is CCOc1ccc(/C(O)=C2/C(=O)C(=O)N(CCCOC)C2c2ccc(CC)cc2)cc1C. The Kier molecular flexibility index (Phi) is 7.70. The number of hydrogen-bond acceptors (Lipinski definition) is 5. The quantitative estimate of drug-likeness (QED) is 0.272. The average Bonchev–Trinajstić information content (AvgIpc) is 3.05. The molecule has 0 aliphatic carbocycles. The minimum atomic E-state index is -0.670. The van der Waals surface area contributed by atoms with E-state index in [0.29, 0.717) is 31.7 Å². The standard InChI is InChI=1S/C26H31NO5/c1-5-18-8-10-19(11-9-18)23-22(25(29)26(30)27(23)14-7-15-31-4)24(28)20-12-13-21(32-6-2)17(3)16-20/h8-13,16,23,28H,5-7,14-15H2,1-4H3/b24-22-. The summed E-state index contributed by atoms with van der Waals surface area (Å²) in [4.78, 5) is 27.5. The van der Waals surface area contributed by atoms with E-state index in [1.165, 1.54) is 4.90 Å². The lowest BCUT2D eigenvalue weighted by molar-refractivity contribution is -0.140. The fraction of sp³-hybridized carbons (Fsp3) is 0.385. The Morgan fingerprint density at radius 3 is 2.41 bits per heavy atom. The molecule has 1 amide bonds. The van der Waals surface area contributed by atoms with Gasteiger partial charge in [0, 0.05) is 25.8 Å². The van der Waals surface area contributed by atoms with Gasteiger partial charge in [-0.2, -0.15) is 0 Å². The molecule has 1 saturated heterocycles. The Hall–Kier alpha value is -3.12. The number of benzene rings is 2. The van der Waals surface area contributed by atoms with Gasteiger partial charge in [-0.25, -0.2) is 0 Å². The van der Waals surface area contributed by atoms with E-state index in [2.05, 4.69) is 6.92 Å². The van der Waals surface area contributed by atoms with E-state index >= 15 is 0 Å². The van der Waals surface area contributed by atoms with Gasteiger partial charge in [0.2, 0.25) is 0 Å². The van der Waals surface area contributed by atoms with Gasteiger partial charge in [0.1, 0.15) is 11.5 Å². The van der Waals surface area contributed by atoms with E-state index in [1.54, 1.807) is 25.3 Å². The van der Waals surface area contributed by atoms with Crippen LogP contribution in [0.5, 0.6) is 5.75 Å². The second-order valence-corrected chi connectivity index (χ2v) is 7.85. The summed E-state index contributed by atoms with van der Waals surface area (Å²) in [6.45, 7) is 7.22. The summed E-state index contributed by atoms with van der Waals surface area (Å²) in [5.74, 6) is -0.727. The van der Waals surface area contributed by atoms with Crippen LogP contribution >= 0.6 is 0 Å². The Balaban J connectivity index is 2.10. The molecule has 0 bridgehead atoms. The number of carbonyl (C=O) groups excluding carboxylic acids is 2. The molecule has 0 spiro atoms. The zero-order valence-corrected chi connectivity index (χ0v) is 19.2. The molecule has 1 atom stereocenters. The van der Waals surface area contributed by atoms with Gasteiger partial charge in [-0.05, 0) is 61.6 Å². The Bertz CT molecular complexity index is 1010. The van der Waals surface area contributed by atoms with E-state index in [0.717, 1.165) is 28.9 Å². The van der Waals surface area contributed by atoms with E-state index in [-0.39, 0.29) is 11.3 Å². The third-order valence-corrected chi connectivity index (χ3v) is 5.74. The summed E-state index contributed by atoms with van der Waals surface area (Å²) in [7, 11) is 1.60. The van der Waals surface area contributed by atoms with Gasteiger partial charge in [-0.15, -0.1) is 0 Å². The molecule has 1 fully saturated rings. The molecule has 3 rings (SSSR count). The molecule has 1 N–H and O–H groups in total. The first-order chi connectivity index (χ1) is 15.4. The number of methoxy groups -OCH3 is 1. The highest BCUT2D eigenvalue weighted by Gasteiger charge is 2.45. The topological polar surface area (TPSA) is 76.1 Å². The maximum atomic E-state index is 13.1. The van der Waals surface area contributed by atoms with Crippen LogP contribution in [-0.2, 0) is 20.7 Å². The van der Waals surface area contributed by atoms with Crippen molar-refractivity contribution in [3.63, 3.8) is 0 Å². The molecule has 170 valence electrons. The van der Waals surface area contributed by atoms with Crippen molar-refractivity contribution in [1.29, 1.82) is 0 Å². The van der Waals surface area contributed by atoms with Crippen LogP contribution in [-0.4, -0.2) is 48.6 Å². The maximum absolute atomic E-state index is 13.1. The van der Waals surface area contributed by atoms with E-state index in [1.807, 2.05) is 38.1 Å². The van der Waals surface area contributed by atoms with Gasteiger partial charge in [0.05, 0.1) is 18.2 Å². The Morgan fingerprint density at radius 1 is 1.09 bits per heavy atom. The molecular weight excluding hydrogens is 406 g/mol. The normalized spacial score (nSPS) is 17.8. The fourth-order valence-corrected chi connectivity index (χ4v) is 4.04. The Labute approximate surface area is 189 Å². The van der Waals surface area contributed by atoms with E-state index < -0.39 is 17.7 Å². The second kappa shape index (κ2) is 10.5. The summed E-state index contributed by atoms with van der Waals surface area (Å²) in [5.41, 5.74) is 3.39. The summed E-state index contributed by atoms with van der Waals surface area (Å²) in [6.07, 6.45) is 1.48. The van der Waals surface area contributed by atoms with Crippen LogP contribution in [0.3, 0.4) is 0 Å².